The van der Waals surface area contributed by atoms with Crippen LogP contribution >= 0.6 is 11.3 Å². The highest BCUT2D eigenvalue weighted by molar-refractivity contribution is 7.15. The zero-order chi connectivity index (χ0) is 11.8. The summed E-state index contributed by atoms with van der Waals surface area (Å²) in [5.41, 5.74) is 0.996. The van der Waals surface area contributed by atoms with Gasteiger partial charge in [-0.25, -0.2) is 4.98 Å². The number of aromatic nitrogens is 2. The van der Waals surface area contributed by atoms with E-state index in [1.54, 1.807) is 18.4 Å². The van der Waals surface area contributed by atoms with Gasteiger partial charge in [0.25, 0.3) is 0 Å². The van der Waals surface area contributed by atoms with Crippen LogP contribution in [0.5, 0.6) is 5.75 Å². The maximum Gasteiger partial charge on any atom is 0.154 e. The van der Waals surface area contributed by atoms with E-state index in [9.17, 15) is 0 Å². The van der Waals surface area contributed by atoms with Crippen molar-refractivity contribution in [3.8, 4) is 16.5 Å². The molecule has 0 saturated heterocycles. The molecule has 3 aromatic rings. The third-order valence-corrected chi connectivity index (χ3v) is 3.71. The van der Waals surface area contributed by atoms with Crippen LogP contribution in [0.15, 0.2) is 36.7 Å². The molecule has 0 aromatic carbocycles. The van der Waals surface area contributed by atoms with E-state index in [4.69, 9.17) is 4.74 Å². The van der Waals surface area contributed by atoms with Crippen LogP contribution in [0.2, 0.25) is 0 Å². The minimum Gasteiger partial charge on any atom is -0.494 e. The fourth-order valence-electron chi connectivity index (χ4n) is 1.91. The lowest BCUT2D eigenvalue weighted by atomic mass is 10.4. The molecular weight excluding hydrogens is 232 g/mol. The highest BCUT2D eigenvalue weighted by Gasteiger charge is 2.10. The first-order valence-electron chi connectivity index (χ1n) is 5.36. The fraction of sp³-hybridized carbons (Fsp3) is 0.154. The van der Waals surface area contributed by atoms with Gasteiger partial charge in [0.05, 0.1) is 18.2 Å². The van der Waals surface area contributed by atoms with Crippen molar-refractivity contribution in [3.63, 3.8) is 0 Å². The van der Waals surface area contributed by atoms with E-state index in [0.29, 0.717) is 0 Å². The predicted octanol–water partition coefficient (Wildman–Crippen LogP) is 3.38. The quantitative estimate of drug-likeness (QED) is 0.691. The topological polar surface area (TPSA) is 26.5 Å². The van der Waals surface area contributed by atoms with E-state index in [1.165, 1.54) is 9.75 Å². The molecule has 0 aliphatic rings. The summed E-state index contributed by atoms with van der Waals surface area (Å²) in [7, 11) is 1.68. The number of pyridine rings is 1. The summed E-state index contributed by atoms with van der Waals surface area (Å²) in [5.74, 6) is 1.82. The second kappa shape index (κ2) is 3.89. The Hall–Kier alpha value is -1.81. The maximum atomic E-state index is 5.32. The molecule has 0 amide bonds. The predicted molar refractivity (Wildman–Crippen MR) is 69.8 cm³/mol. The monoisotopic (exact) mass is 244 g/mol. The molecule has 0 aliphatic heterocycles. The smallest absolute Gasteiger partial charge is 0.154 e. The zero-order valence-corrected chi connectivity index (χ0v) is 10.5. The van der Waals surface area contributed by atoms with Crippen LogP contribution in [0.1, 0.15) is 4.88 Å². The largest absolute Gasteiger partial charge is 0.494 e. The van der Waals surface area contributed by atoms with Crippen LogP contribution in [-0.4, -0.2) is 16.5 Å². The number of aryl methyl sites for hydroxylation is 1. The summed E-state index contributed by atoms with van der Waals surface area (Å²) in [4.78, 5) is 6.95. The molecule has 86 valence electrons. The summed E-state index contributed by atoms with van der Waals surface area (Å²) >= 11 is 1.75. The summed E-state index contributed by atoms with van der Waals surface area (Å²) in [6, 6.07) is 8.13. The SMILES string of the molecule is COc1cccn2c(-c3ccc(C)s3)ncc12. The van der Waals surface area contributed by atoms with Gasteiger partial charge in [0.2, 0.25) is 0 Å². The molecule has 0 atom stereocenters. The van der Waals surface area contributed by atoms with Gasteiger partial charge in [-0.3, -0.25) is 4.40 Å². The lowest BCUT2D eigenvalue weighted by Crippen LogP contribution is -1.90. The molecule has 0 N–H and O–H groups in total. The van der Waals surface area contributed by atoms with Crippen LogP contribution in [0.4, 0.5) is 0 Å². The normalized spacial score (nSPS) is 10.9. The molecule has 0 saturated carbocycles. The molecule has 0 aliphatic carbocycles. The molecule has 17 heavy (non-hydrogen) atoms. The molecule has 3 aromatic heterocycles. The first-order chi connectivity index (χ1) is 8.29. The number of nitrogens with zero attached hydrogens (tertiary/aromatic N) is 2. The zero-order valence-electron chi connectivity index (χ0n) is 9.68. The van der Waals surface area contributed by atoms with Crippen molar-refractivity contribution in [1.82, 2.24) is 9.38 Å². The van der Waals surface area contributed by atoms with Gasteiger partial charge in [-0.05, 0) is 31.2 Å². The van der Waals surface area contributed by atoms with Gasteiger partial charge in [0, 0.05) is 11.1 Å². The van der Waals surface area contributed by atoms with Crippen molar-refractivity contribution in [2.45, 2.75) is 6.92 Å². The van der Waals surface area contributed by atoms with Gasteiger partial charge in [-0.15, -0.1) is 11.3 Å². The number of hydrogen-bond donors (Lipinski definition) is 0. The van der Waals surface area contributed by atoms with Gasteiger partial charge in [0.15, 0.2) is 5.82 Å². The summed E-state index contributed by atoms with van der Waals surface area (Å²) in [6.45, 7) is 2.10. The molecule has 0 unspecified atom stereocenters. The van der Waals surface area contributed by atoms with Crippen molar-refractivity contribution >= 4 is 16.9 Å². The lowest BCUT2D eigenvalue weighted by molar-refractivity contribution is 0.418. The average Bonchev–Trinajstić information content (AvgIpc) is 2.94. The number of imidazole rings is 1. The second-order valence-corrected chi connectivity index (χ2v) is 5.11. The first-order valence-corrected chi connectivity index (χ1v) is 6.18. The molecule has 4 heteroatoms. The maximum absolute atomic E-state index is 5.32. The fourth-order valence-corrected chi connectivity index (χ4v) is 2.77. The Morgan fingerprint density at radius 2 is 2.18 bits per heavy atom. The number of hydrogen-bond acceptors (Lipinski definition) is 3. The van der Waals surface area contributed by atoms with Crippen molar-refractivity contribution in [2.75, 3.05) is 7.11 Å². The highest BCUT2D eigenvalue weighted by Crippen LogP contribution is 2.29. The minimum atomic E-state index is 0.847. The molecule has 3 heterocycles. The van der Waals surface area contributed by atoms with E-state index in [2.05, 4.69) is 28.4 Å². The Morgan fingerprint density at radius 1 is 1.29 bits per heavy atom. The first kappa shape index (κ1) is 10.4. The number of rotatable bonds is 2. The van der Waals surface area contributed by atoms with Crippen molar-refractivity contribution < 1.29 is 4.74 Å². The van der Waals surface area contributed by atoms with E-state index in [0.717, 1.165) is 17.1 Å². The van der Waals surface area contributed by atoms with Crippen LogP contribution in [0.25, 0.3) is 16.2 Å². The molecule has 3 rings (SSSR count). The number of ether oxygens (including phenoxy) is 1. The van der Waals surface area contributed by atoms with E-state index in [1.807, 2.05) is 24.5 Å². The average molecular weight is 244 g/mol. The Labute approximate surface area is 103 Å². The summed E-state index contributed by atoms with van der Waals surface area (Å²) < 4.78 is 7.38. The Morgan fingerprint density at radius 3 is 2.88 bits per heavy atom. The van der Waals surface area contributed by atoms with Crippen LogP contribution < -0.4 is 4.74 Å². The van der Waals surface area contributed by atoms with Gasteiger partial charge in [-0.2, -0.15) is 0 Å². The third kappa shape index (κ3) is 1.61. The van der Waals surface area contributed by atoms with Crippen molar-refractivity contribution in [3.05, 3.63) is 41.5 Å². The number of thiophene rings is 1. The number of methoxy groups -OCH3 is 1. The van der Waals surface area contributed by atoms with Gasteiger partial charge in [0.1, 0.15) is 11.3 Å². The molecule has 3 nitrogen and oxygen atoms in total. The van der Waals surface area contributed by atoms with E-state index >= 15 is 0 Å². The Balaban J connectivity index is 2.25. The number of fused-ring (bicyclic) bond motifs is 1. The summed E-state index contributed by atoms with van der Waals surface area (Å²) in [5, 5.41) is 0. The standard InChI is InChI=1S/C13H12N2OS/c1-9-5-6-12(17-9)13-14-8-10-11(16-2)4-3-7-15(10)13/h3-8H,1-2H3. The van der Waals surface area contributed by atoms with Crippen molar-refractivity contribution in [2.24, 2.45) is 0 Å². The molecular formula is C13H12N2OS. The summed E-state index contributed by atoms with van der Waals surface area (Å²) in [6.07, 6.45) is 3.86. The highest BCUT2D eigenvalue weighted by atomic mass is 32.1. The molecule has 0 spiro atoms. The minimum absolute atomic E-state index is 0.847. The van der Waals surface area contributed by atoms with E-state index < -0.39 is 0 Å². The molecule has 0 fully saturated rings. The Bertz CT molecular complexity index is 669. The van der Waals surface area contributed by atoms with E-state index in [-0.39, 0.29) is 0 Å². The van der Waals surface area contributed by atoms with Gasteiger partial charge >= 0.3 is 0 Å². The van der Waals surface area contributed by atoms with Crippen molar-refractivity contribution in [1.29, 1.82) is 0 Å². The van der Waals surface area contributed by atoms with Gasteiger partial charge < -0.3 is 4.74 Å². The lowest BCUT2D eigenvalue weighted by Gasteiger charge is -2.03. The third-order valence-electron chi connectivity index (χ3n) is 2.71. The Kier molecular flexibility index (Phi) is 2.37. The van der Waals surface area contributed by atoms with Crippen LogP contribution in [0, 0.1) is 6.92 Å². The van der Waals surface area contributed by atoms with Gasteiger partial charge in [-0.1, -0.05) is 0 Å². The molecule has 0 radical (unpaired) electrons. The molecule has 0 bridgehead atoms. The van der Waals surface area contributed by atoms with Crippen LogP contribution in [0.3, 0.4) is 0 Å². The second-order valence-electron chi connectivity index (χ2n) is 3.82. The van der Waals surface area contributed by atoms with Crippen LogP contribution in [-0.2, 0) is 0 Å².